The first-order chi connectivity index (χ1) is 7.59. The summed E-state index contributed by atoms with van der Waals surface area (Å²) in [5, 5.41) is 10.3. The van der Waals surface area contributed by atoms with E-state index in [-0.39, 0.29) is 17.4 Å². The van der Waals surface area contributed by atoms with Crippen molar-refractivity contribution in [3.63, 3.8) is 0 Å². The first-order valence-corrected chi connectivity index (χ1v) is 6.58. The van der Waals surface area contributed by atoms with E-state index in [2.05, 4.69) is 24.5 Å². The molecule has 1 atom stereocenters. The van der Waals surface area contributed by atoms with E-state index in [9.17, 15) is 4.79 Å². The normalized spacial score (nSPS) is 24.0. The van der Waals surface area contributed by atoms with Gasteiger partial charge in [-0.15, -0.1) is 0 Å². The van der Waals surface area contributed by atoms with Crippen LogP contribution < -0.4 is 10.6 Å². The first-order valence-electron chi connectivity index (χ1n) is 5.63. The number of hydrogen-bond donors (Lipinski definition) is 2. The number of amides is 1. The van der Waals surface area contributed by atoms with E-state index in [1.807, 2.05) is 16.8 Å². The van der Waals surface area contributed by atoms with Gasteiger partial charge in [0.25, 0.3) is 5.91 Å². The van der Waals surface area contributed by atoms with Gasteiger partial charge in [0.05, 0.1) is 0 Å². The predicted octanol–water partition coefficient (Wildman–Crippen LogP) is 1.87. The zero-order chi connectivity index (χ0) is 11.6. The quantitative estimate of drug-likeness (QED) is 0.826. The van der Waals surface area contributed by atoms with Crippen LogP contribution in [0.2, 0.25) is 0 Å². The van der Waals surface area contributed by atoms with Crippen LogP contribution in [-0.4, -0.2) is 25.0 Å². The van der Waals surface area contributed by atoms with Gasteiger partial charge in [0.2, 0.25) is 0 Å². The second-order valence-electron chi connectivity index (χ2n) is 4.99. The van der Waals surface area contributed by atoms with E-state index in [1.54, 1.807) is 11.3 Å². The maximum Gasteiger partial charge on any atom is 0.252 e. The molecule has 16 heavy (non-hydrogen) atoms. The molecule has 1 aliphatic heterocycles. The van der Waals surface area contributed by atoms with Gasteiger partial charge in [-0.3, -0.25) is 4.79 Å². The van der Waals surface area contributed by atoms with Crippen molar-refractivity contribution in [3.05, 3.63) is 22.4 Å². The molecule has 1 unspecified atom stereocenters. The highest BCUT2D eigenvalue weighted by Gasteiger charge is 2.33. The van der Waals surface area contributed by atoms with Gasteiger partial charge in [-0.1, -0.05) is 13.8 Å². The van der Waals surface area contributed by atoms with Crippen LogP contribution in [0.3, 0.4) is 0 Å². The lowest BCUT2D eigenvalue weighted by Gasteiger charge is -2.39. The smallest absolute Gasteiger partial charge is 0.252 e. The Balaban J connectivity index is 2.01. The second kappa shape index (κ2) is 4.55. The van der Waals surface area contributed by atoms with Crippen molar-refractivity contribution in [3.8, 4) is 0 Å². The molecule has 0 aliphatic carbocycles. The summed E-state index contributed by atoms with van der Waals surface area (Å²) in [4.78, 5) is 11.9. The monoisotopic (exact) mass is 238 g/mol. The Morgan fingerprint density at radius 2 is 2.44 bits per heavy atom. The van der Waals surface area contributed by atoms with Crippen molar-refractivity contribution in [1.82, 2.24) is 10.6 Å². The van der Waals surface area contributed by atoms with Crippen LogP contribution in [0, 0.1) is 5.41 Å². The van der Waals surface area contributed by atoms with Crippen molar-refractivity contribution >= 4 is 17.2 Å². The highest BCUT2D eigenvalue weighted by atomic mass is 32.1. The molecule has 2 rings (SSSR count). The van der Waals surface area contributed by atoms with Crippen molar-refractivity contribution < 1.29 is 4.79 Å². The standard InChI is InChI=1S/C12H18N2OS/c1-12(2)8-13-5-3-10(12)14-11(15)9-4-6-16-7-9/h4,6-7,10,13H,3,5,8H2,1-2H3,(H,14,15). The van der Waals surface area contributed by atoms with Crippen LogP contribution in [-0.2, 0) is 0 Å². The summed E-state index contributed by atoms with van der Waals surface area (Å²) >= 11 is 1.56. The van der Waals surface area contributed by atoms with Crippen LogP contribution in [0.4, 0.5) is 0 Å². The summed E-state index contributed by atoms with van der Waals surface area (Å²) in [5.74, 6) is 0.0567. The Morgan fingerprint density at radius 1 is 1.62 bits per heavy atom. The third-order valence-electron chi connectivity index (χ3n) is 3.22. The first kappa shape index (κ1) is 11.6. The number of hydrogen-bond acceptors (Lipinski definition) is 3. The molecular weight excluding hydrogens is 220 g/mol. The van der Waals surface area contributed by atoms with Crippen molar-refractivity contribution in [2.45, 2.75) is 26.3 Å². The molecule has 3 nitrogen and oxygen atoms in total. The second-order valence-corrected chi connectivity index (χ2v) is 5.77. The highest BCUT2D eigenvalue weighted by Crippen LogP contribution is 2.25. The average Bonchev–Trinajstić information content (AvgIpc) is 2.74. The van der Waals surface area contributed by atoms with Gasteiger partial charge in [0.1, 0.15) is 0 Å². The van der Waals surface area contributed by atoms with Gasteiger partial charge in [0.15, 0.2) is 0 Å². The topological polar surface area (TPSA) is 41.1 Å². The van der Waals surface area contributed by atoms with Gasteiger partial charge in [-0.2, -0.15) is 11.3 Å². The minimum Gasteiger partial charge on any atom is -0.349 e. The lowest BCUT2D eigenvalue weighted by Crippen LogP contribution is -2.54. The third-order valence-corrected chi connectivity index (χ3v) is 3.91. The summed E-state index contributed by atoms with van der Waals surface area (Å²) < 4.78 is 0. The summed E-state index contributed by atoms with van der Waals surface area (Å²) in [6.07, 6.45) is 1.00. The molecule has 1 saturated heterocycles. The molecule has 0 spiro atoms. The zero-order valence-electron chi connectivity index (χ0n) is 9.75. The average molecular weight is 238 g/mol. The maximum absolute atomic E-state index is 11.9. The lowest BCUT2D eigenvalue weighted by atomic mass is 9.80. The van der Waals surface area contributed by atoms with E-state index in [4.69, 9.17) is 0 Å². The fourth-order valence-electron chi connectivity index (χ4n) is 2.07. The minimum atomic E-state index is 0.0567. The van der Waals surface area contributed by atoms with Crippen molar-refractivity contribution in [2.75, 3.05) is 13.1 Å². The molecule has 0 saturated carbocycles. The molecule has 1 amide bonds. The van der Waals surface area contributed by atoms with Crippen LogP contribution >= 0.6 is 11.3 Å². The van der Waals surface area contributed by atoms with E-state index in [1.165, 1.54) is 0 Å². The zero-order valence-corrected chi connectivity index (χ0v) is 10.6. The van der Waals surface area contributed by atoms with Crippen LogP contribution in [0.5, 0.6) is 0 Å². The Labute approximate surface area is 100 Å². The van der Waals surface area contributed by atoms with E-state index in [0.29, 0.717) is 0 Å². The van der Waals surface area contributed by atoms with Gasteiger partial charge >= 0.3 is 0 Å². The molecule has 0 radical (unpaired) electrons. The molecular formula is C12H18N2OS. The Morgan fingerprint density at radius 3 is 3.06 bits per heavy atom. The largest absolute Gasteiger partial charge is 0.349 e. The number of thiophene rings is 1. The summed E-state index contributed by atoms with van der Waals surface area (Å²) in [6.45, 7) is 6.33. The fourth-order valence-corrected chi connectivity index (χ4v) is 2.71. The Hall–Kier alpha value is -0.870. The van der Waals surface area contributed by atoms with Crippen molar-refractivity contribution in [1.29, 1.82) is 0 Å². The molecule has 88 valence electrons. The lowest BCUT2D eigenvalue weighted by molar-refractivity contribution is 0.0869. The van der Waals surface area contributed by atoms with Crippen LogP contribution in [0.25, 0.3) is 0 Å². The van der Waals surface area contributed by atoms with E-state index in [0.717, 1.165) is 25.1 Å². The number of carbonyl (C=O) groups excluding carboxylic acids is 1. The molecule has 4 heteroatoms. The van der Waals surface area contributed by atoms with E-state index < -0.39 is 0 Å². The molecule has 0 bridgehead atoms. The van der Waals surface area contributed by atoms with Gasteiger partial charge in [0, 0.05) is 23.5 Å². The summed E-state index contributed by atoms with van der Waals surface area (Å²) in [5.41, 5.74) is 0.906. The van der Waals surface area contributed by atoms with Gasteiger partial charge in [-0.25, -0.2) is 0 Å². The molecule has 1 aromatic heterocycles. The SMILES string of the molecule is CC1(C)CNCCC1NC(=O)c1ccsc1. The molecule has 0 aromatic carbocycles. The third kappa shape index (κ3) is 2.44. The number of piperidine rings is 1. The van der Waals surface area contributed by atoms with Crippen LogP contribution in [0.1, 0.15) is 30.6 Å². The maximum atomic E-state index is 11.9. The fraction of sp³-hybridized carbons (Fsp3) is 0.583. The predicted molar refractivity (Wildman–Crippen MR) is 66.8 cm³/mol. The minimum absolute atomic E-state index is 0.0567. The summed E-state index contributed by atoms with van der Waals surface area (Å²) in [6, 6.07) is 2.13. The number of nitrogens with one attached hydrogen (secondary N) is 2. The highest BCUT2D eigenvalue weighted by molar-refractivity contribution is 7.08. The number of carbonyl (C=O) groups is 1. The van der Waals surface area contributed by atoms with Crippen LogP contribution in [0.15, 0.2) is 16.8 Å². The number of rotatable bonds is 2. The molecule has 1 aliphatic rings. The van der Waals surface area contributed by atoms with Gasteiger partial charge < -0.3 is 10.6 Å². The Bertz CT molecular complexity index is 359. The Kier molecular flexibility index (Phi) is 3.30. The summed E-state index contributed by atoms with van der Waals surface area (Å²) in [7, 11) is 0. The molecule has 1 aromatic rings. The van der Waals surface area contributed by atoms with Gasteiger partial charge in [-0.05, 0) is 29.8 Å². The van der Waals surface area contributed by atoms with E-state index >= 15 is 0 Å². The van der Waals surface area contributed by atoms with Crippen molar-refractivity contribution in [2.24, 2.45) is 5.41 Å². The molecule has 2 heterocycles. The molecule has 2 N–H and O–H groups in total. The molecule has 1 fully saturated rings.